The third-order valence-electron chi connectivity index (χ3n) is 4.04. The Morgan fingerprint density at radius 3 is 2.58 bits per heavy atom. The van der Waals surface area contributed by atoms with Crippen molar-refractivity contribution in [1.29, 1.82) is 0 Å². The second kappa shape index (κ2) is 5.59. The largest absolute Gasteiger partial charge is 0.507 e. The summed E-state index contributed by atoms with van der Waals surface area (Å²) in [4.78, 5) is 13.9. The number of phenols is 1. The lowest BCUT2D eigenvalue weighted by molar-refractivity contribution is 0.0676. The predicted molar refractivity (Wildman–Crippen MR) is 71.6 cm³/mol. The molecular formula is C15H20FNO2. The van der Waals surface area contributed by atoms with Crippen LogP contribution in [0.25, 0.3) is 0 Å². The van der Waals surface area contributed by atoms with Crippen molar-refractivity contribution in [3.8, 4) is 5.75 Å². The molecule has 1 aliphatic rings. The number of halogens is 1. The van der Waals surface area contributed by atoms with Gasteiger partial charge in [0.15, 0.2) is 0 Å². The van der Waals surface area contributed by atoms with Gasteiger partial charge in [0.05, 0.1) is 5.56 Å². The van der Waals surface area contributed by atoms with E-state index in [4.69, 9.17) is 0 Å². The van der Waals surface area contributed by atoms with Gasteiger partial charge >= 0.3 is 0 Å². The Morgan fingerprint density at radius 2 is 1.95 bits per heavy atom. The highest BCUT2D eigenvalue weighted by atomic mass is 19.1. The summed E-state index contributed by atoms with van der Waals surface area (Å²) in [5.41, 5.74) is 0.0427. The first kappa shape index (κ1) is 13.8. The van der Waals surface area contributed by atoms with Crippen molar-refractivity contribution in [2.24, 2.45) is 5.92 Å². The molecule has 1 N–H and O–H groups in total. The first-order chi connectivity index (χ1) is 8.99. The first-order valence-electron chi connectivity index (χ1n) is 6.74. The third kappa shape index (κ3) is 3.06. The molecule has 0 unspecified atom stereocenters. The van der Waals surface area contributed by atoms with E-state index in [1.807, 2.05) is 0 Å². The van der Waals surface area contributed by atoms with Gasteiger partial charge < -0.3 is 10.0 Å². The summed E-state index contributed by atoms with van der Waals surface area (Å²) < 4.78 is 13.2. The molecule has 0 spiro atoms. The zero-order chi connectivity index (χ0) is 14.0. The lowest BCUT2D eigenvalue weighted by Crippen LogP contribution is -2.39. The quantitative estimate of drug-likeness (QED) is 0.892. The molecule has 0 aliphatic heterocycles. The minimum Gasteiger partial charge on any atom is -0.507 e. The number of carbonyl (C=O) groups is 1. The van der Waals surface area contributed by atoms with E-state index in [1.54, 1.807) is 11.9 Å². The molecule has 0 atom stereocenters. The van der Waals surface area contributed by atoms with Gasteiger partial charge in [0.2, 0.25) is 0 Å². The zero-order valence-electron chi connectivity index (χ0n) is 11.4. The molecule has 0 radical (unpaired) electrons. The summed E-state index contributed by atoms with van der Waals surface area (Å²) in [6, 6.07) is 3.65. The van der Waals surface area contributed by atoms with Gasteiger partial charge in [-0.15, -0.1) is 0 Å². The van der Waals surface area contributed by atoms with E-state index < -0.39 is 5.82 Å². The third-order valence-corrected chi connectivity index (χ3v) is 4.04. The van der Waals surface area contributed by atoms with Crippen LogP contribution in [-0.2, 0) is 0 Å². The van der Waals surface area contributed by atoms with Crippen molar-refractivity contribution >= 4 is 5.91 Å². The zero-order valence-corrected chi connectivity index (χ0v) is 11.4. The van der Waals surface area contributed by atoms with Crippen LogP contribution in [0.5, 0.6) is 5.75 Å². The molecule has 1 aromatic rings. The second-order valence-electron chi connectivity index (χ2n) is 5.49. The van der Waals surface area contributed by atoms with E-state index in [1.165, 1.54) is 6.07 Å². The Hall–Kier alpha value is -1.58. The van der Waals surface area contributed by atoms with Crippen LogP contribution >= 0.6 is 0 Å². The Labute approximate surface area is 113 Å². The summed E-state index contributed by atoms with van der Waals surface area (Å²) in [6.45, 7) is 2.22. The molecule has 19 heavy (non-hydrogen) atoms. The fraction of sp³-hybridized carbons (Fsp3) is 0.533. The average molecular weight is 265 g/mol. The summed E-state index contributed by atoms with van der Waals surface area (Å²) in [6.07, 6.45) is 4.16. The van der Waals surface area contributed by atoms with Crippen LogP contribution in [0.3, 0.4) is 0 Å². The van der Waals surface area contributed by atoms with Crippen LogP contribution in [0, 0.1) is 11.7 Å². The number of hydrogen-bond acceptors (Lipinski definition) is 2. The molecular weight excluding hydrogens is 245 g/mol. The number of nitrogens with zero attached hydrogens (tertiary/aromatic N) is 1. The molecule has 0 bridgehead atoms. The lowest BCUT2D eigenvalue weighted by Gasteiger charge is -2.33. The van der Waals surface area contributed by atoms with Crippen LogP contribution in [0.1, 0.15) is 43.0 Å². The van der Waals surface area contributed by atoms with E-state index >= 15 is 0 Å². The van der Waals surface area contributed by atoms with Gasteiger partial charge in [-0.3, -0.25) is 4.79 Å². The summed E-state index contributed by atoms with van der Waals surface area (Å²) >= 11 is 0. The molecule has 3 nitrogen and oxygen atoms in total. The molecule has 0 heterocycles. The van der Waals surface area contributed by atoms with E-state index in [0.717, 1.165) is 37.8 Å². The molecule has 1 aliphatic carbocycles. The summed E-state index contributed by atoms with van der Waals surface area (Å²) in [5.74, 6) is -0.270. The number of rotatable bonds is 2. The highest BCUT2D eigenvalue weighted by Crippen LogP contribution is 2.28. The van der Waals surface area contributed by atoms with Crippen LogP contribution in [0.2, 0.25) is 0 Å². The minimum atomic E-state index is -0.508. The fourth-order valence-electron chi connectivity index (χ4n) is 2.67. The van der Waals surface area contributed by atoms with Crippen molar-refractivity contribution in [2.45, 2.75) is 38.6 Å². The van der Waals surface area contributed by atoms with Gasteiger partial charge in [-0.25, -0.2) is 4.39 Å². The molecule has 0 aromatic heterocycles. The summed E-state index contributed by atoms with van der Waals surface area (Å²) in [5, 5.41) is 9.68. The molecule has 1 saturated carbocycles. The SMILES string of the molecule is CC1CCC(N(C)C(=O)c2cc(F)ccc2O)CC1. The van der Waals surface area contributed by atoms with Gasteiger partial charge in [0.1, 0.15) is 11.6 Å². The summed E-state index contributed by atoms with van der Waals surface area (Å²) in [7, 11) is 1.73. The van der Waals surface area contributed by atoms with Gasteiger partial charge in [-0.1, -0.05) is 6.92 Å². The average Bonchev–Trinajstić information content (AvgIpc) is 2.41. The number of phenolic OH excluding ortho intramolecular Hbond substituents is 1. The molecule has 4 heteroatoms. The Morgan fingerprint density at radius 1 is 1.32 bits per heavy atom. The monoisotopic (exact) mass is 265 g/mol. The van der Waals surface area contributed by atoms with Gasteiger partial charge in [0, 0.05) is 13.1 Å². The van der Waals surface area contributed by atoms with E-state index in [-0.39, 0.29) is 23.3 Å². The minimum absolute atomic E-state index is 0.0427. The Balaban J connectivity index is 2.12. The van der Waals surface area contributed by atoms with Crippen LogP contribution in [0.4, 0.5) is 4.39 Å². The van der Waals surface area contributed by atoms with Crippen molar-refractivity contribution in [2.75, 3.05) is 7.05 Å². The molecule has 2 rings (SSSR count). The first-order valence-corrected chi connectivity index (χ1v) is 6.74. The van der Waals surface area contributed by atoms with Crippen LogP contribution < -0.4 is 0 Å². The van der Waals surface area contributed by atoms with Crippen molar-refractivity contribution < 1.29 is 14.3 Å². The van der Waals surface area contributed by atoms with Crippen molar-refractivity contribution in [1.82, 2.24) is 4.90 Å². The highest BCUT2D eigenvalue weighted by Gasteiger charge is 2.26. The second-order valence-corrected chi connectivity index (χ2v) is 5.49. The maximum Gasteiger partial charge on any atom is 0.257 e. The van der Waals surface area contributed by atoms with E-state index in [0.29, 0.717) is 5.92 Å². The normalized spacial score (nSPS) is 23.1. The van der Waals surface area contributed by atoms with Crippen LogP contribution in [-0.4, -0.2) is 29.0 Å². The lowest BCUT2D eigenvalue weighted by atomic mass is 9.86. The molecule has 1 fully saturated rings. The van der Waals surface area contributed by atoms with Gasteiger partial charge in [0.25, 0.3) is 5.91 Å². The van der Waals surface area contributed by atoms with Crippen LogP contribution in [0.15, 0.2) is 18.2 Å². The van der Waals surface area contributed by atoms with E-state index in [2.05, 4.69) is 6.92 Å². The molecule has 1 aromatic carbocycles. The number of hydrogen-bond donors (Lipinski definition) is 1. The topological polar surface area (TPSA) is 40.5 Å². The Bertz CT molecular complexity index is 467. The smallest absolute Gasteiger partial charge is 0.257 e. The van der Waals surface area contributed by atoms with Crippen molar-refractivity contribution in [3.63, 3.8) is 0 Å². The number of benzene rings is 1. The van der Waals surface area contributed by atoms with E-state index in [9.17, 15) is 14.3 Å². The fourth-order valence-corrected chi connectivity index (χ4v) is 2.67. The highest BCUT2D eigenvalue weighted by molar-refractivity contribution is 5.96. The maximum atomic E-state index is 13.2. The standard InChI is InChI=1S/C15H20FNO2/c1-10-3-6-12(7-4-10)17(2)15(19)13-9-11(16)5-8-14(13)18/h5,8-10,12,18H,3-4,6-7H2,1-2H3. The maximum absolute atomic E-state index is 13.2. The number of amides is 1. The Kier molecular flexibility index (Phi) is 4.08. The number of aromatic hydroxyl groups is 1. The van der Waals surface area contributed by atoms with Gasteiger partial charge in [-0.2, -0.15) is 0 Å². The number of carbonyl (C=O) groups excluding carboxylic acids is 1. The predicted octanol–water partition coefficient (Wildman–Crippen LogP) is 3.18. The molecule has 104 valence electrons. The molecule has 1 amide bonds. The van der Waals surface area contributed by atoms with Gasteiger partial charge in [-0.05, 0) is 49.8 Å². The van der Waals surface area contributed by atoms with Crippen molar-refractivity contribution in [3.05, 3.63) is 29.6 Å². The molecule has 0 saturated heterocycles.